The number of halogens is 1. The smallest absolute Gasteiger partial charge is 0.264 e. The van der Waals surface area contributed by atoms with Crippen LogP contribution in [0.25, 0.3) is 0 Å². The molecule has 1 unspecified atom stereocenters. The average molecular weight is 413 g/mol. The Morgan fingerprint density at radius 3 is 2.66 bits per heavy atom. The van der Waals surface area contributed by atoms with Gasteiger partial charge in [-0.15, -0.1) is 0 Å². The Bertz CT molecular complexity index is 896. The topological polar surface area (TPSA) is 49.9 Å². The van der Waals surface area contributed by atoms with Gasteiger partial charge in [-0.1, -0.05) is 41.9 Å². The van der Waals surface area contributed by atoms with Crippen LogP contribution in [0, 0.1) is 0 Å². The van der Waals surface area contributed by atoms with Gasteiger partial charge in [-0.25, -0.2) is 0 Å². The van der Waals surface area contributed by atoms with Crippen LogP contribution in [-0.2, 0) is 4.79 Å². The van der Waals surface area contributed by atoms with Crippen LogP contribution in [0.3, 0.4) is 0 Å². The summed E-state index contributed by atoms with van der Waals surface area (Å²) < 4.78 is 5.91. The standard InChI is InChI=1S/C23H25ClN2O3/c1-25(19(15-26-11-5-6-12-26)16-7-3-2-4-8-16)23(28)22-14-20(27)18-13-17(24)9-10-21(18)29-22/h2-4,7-10,13,19,22H,5-6,11-12,14-15H2,1H3/t19?,22-/m0/s1. The van der Waals surface area contributed by atoms with E-state index in [2.05, 4.69) is 17.0 Å². The van der Waals surface area contributed by atoms with Gasteiger partial charge in [-0.2, -0.15) is 0 Å². The maximum atomic E-state index is 13.3. The minimum Gasteiger partial charge on any atom is -0.479 e. The molecule has 0 N–H and O–H groups in total. The number of nitrogens with zero attached hydrogens (tertiary/aromatic N) is 2. The van der Waals surface area contributed by atoms with Crippen molar-refractivity contribution in [2.24, 2.45) is 0 Å². The number of likely N-dealkylation sites (tertiary alicyclic amines) is 1. The van der Waals surface area contributed by atoms with Crippen molar-refractivity contribution >= 4 is 23.3 Å². The molecule has 0 bridgehead atoms. The highest BCUT2D eigenvalue weighted by Crippen LogP contribution is 2.32. The van der Waals surface area contributed by atoms with Gasteiger partial charge in [0.05, 0.1) is 18.0 Å². The molecule has 2 aliphatic rings. The number of hydrogen-bond donors (Lipinski definition) is 0. The zero-order valence-corrected chi connectivity index (χ0v) is 17.3. The number of ketones is 1. The van der Waals surface area contributed by atoms with E-state index in [0.717, 1.165) is 25.2 Å². The molecule has 0 aliphatic carbocycles. The van der Waals surface area contributed by atoms with Gasteiger partial charge in [0.15, 0.2) is 11.9 Å². The van der Waals surface area contributed by atoms with Crippen molar-refractivity contribution in [1.29, 1.82) is 0 Å². The molecule has 2 aromatic rings. The number of carbonyl (C=O) groups is 2. The Morgan fingerprint density at radius 2 is 1.93 bits per heavy atom. The maximum Gasteiger partial charge on any atom is 0.264 e. The second kappa shape index (κ2) is 8.56. The first-order valence-corrected chi connectivity index (χ1v) is 10.4. The monoisotopic (exact) mass is 412 g/mol. The third-order valence-corrected chi connectivity index (χ3v) is 6.02. The van der Waals surface area contributed by atoms with Crippen molar-refractivity contribution < 1.29 is 14.3 Å². The molecule has 2 heterocycles. The molecule has 0 saturated carbocycles. The Hall–Kier alpha value is -2.37. The highest BCUT2D eigenvalue weighted by Gasteiger charge is 2.36. The molecular formula is C23H25ClN2O3. The SMILES string of the molecule is CN(C(=O)[C@@H]1CC(=O)c2cc(Cl)ccc2O1)C(CN1CCCC1)c1ccccc1. The van der Waals surface area contributed by atoms with E-state index in [9.17, 15) is 9.59 Å². The van der Waals surface area contributed by atoms with Crippen LogP contribution in [0.2, 0.25) is 5.02 Å². The lowest BCUT2D eigenvalue weighted by molar-refractivity contribution is -0.140. The summed E-state index contributed by atoms with van der Waals surface area (Å²) in [6.45, 7) is 2.88. The summed E-state index contributed by atoms with van der Waals surface area (Å²) in [6, 6.07) is 14.9. The van der Waals surface area contributed by atoms with Crippen molar-refractivity contribution in [2.45, 2.75) is 31.4 Å². The number of amides is 1. The van der Waals surface area contributed by atoms with Crippen LogP contribution in [0.5, 0.6) is 5.75 Å². The summed E-state index contributed by atoms with van der Waals surface area (Å²) in [5.74, 6) is 0.136. The lowest BCUT2D eigenvalue weighted by Gasteiger charge is -2.35. The molecule has 0 spiro atoms. The van der Waals surface area contributed by atoms with E-state index >= 15 is 0 Å². The fourth-order valence-corrected chi connectivity index (χ4v) is 4.32. The number of benzene rings is 2. The summed E-state index contributed by atoms with van der Waals surface area (Å²) in [6.07, 6.45) is 1.60. The fourth-order valence-electron chi connectivity index (χ4n) is 4.15. The first-order valence-electron chi connectivity index (χ1n) is 10.1. The second-order valence-corrected chi connectivity index (χ2v) is 8.19. The Balaban J connectivity index is 1.55. The van der Waals surface area contributed by atoms with Crippen LogP contribution in [0.4, 0.5) is 0 Å². The number of ether oxygens (including phenoxy) is 1. The van der Waals surface area contributed by atoms with Gasteiger partial charge in [-0.3, -0.25) is 9.59 Å². The highest BCUT2D eigenvalue weighted by atomic mass is 35.5. The minimum absolute atomic E-state index is 0.0295. The van der Waals surface area contributed by atoms with Gasteiger partial charge in [0, 0.05) is 18.6 Å². The summed E-state index contributed by atoms with van der Waals surface area (Å²) in [4.78, 5) is 30.0. The largest absolute Gasteiger partial charge is 0.479 e. The van der Waals surface area contributed by atoms with Crippen LogP contribution in [0.1, 0.15) is 41.2 Å². The zero-order chi connectivity index (χ0) is 20.4. The number of fused-ring (bicyclic) bond motifs is 1. The van der Waals surface area contributed by atoms with E-state index in [-0.39, 0.29) is 24.2 Å². The Kier molecular flexibility index (Phi) is 5.88. The van der Waals surface area contributed by atoms with Gasteiger partial charge < -0.3 is 14.5 Å². The molecule has 6 heteroatoms. The van der Waals surface area contributed by atoms with E-state index in [1.165, 1.54) is 12.8 Å². The minimum atomic E-state index is -0.814. The molecule has 2 aromatic carbocycles. The van der Waals surface area contributed by atoms with Gasteiger partial charge in [0.1, 0.15) is 5.75 Å². The Labute approximate surface area is 176 Å². The predicted molar refractivity (Wildman–Crippen MR) is 112 cm³/mol. The number of carbonyl (C=O) groups excluding carboxylic acids is 2. The molecule has 2 atom stereocenters. The summed E-state index contributed by atoms with van der Waals surface area (Å²) in [7, 11) is 1.81. The molecule has 152 valence electrons. The number of rotatable bonds is 5. The number of hydrogen-bond acceptors (Lipinski definition) is 4. The van der Waals surface area contributed by atoms with E-state index < -0.39 is 6.10 Å². The Morgan fingerprint density at radius 1 is 1.21 bits per heavy atom. The molecule has 5 nitrogen and oxygen atoms in total. The average Bonchev–Trinajstić information content (AvgIpc) is 3.25. The van der Waals surface area contributed by atoms with E-state index in [0.29, 0.717) is 16.3 Å². The number of likely N-dealkylation sites (N-methyl/N-ethyl adjacent to an activating group) is 1. The molecule has 0 aromatic heterocycles. The first-order chi connectivity index (χ1) is 14.0. The second-order valence-electron chi connectivity index (χ2n) is 7.76. The van der Waals surface area contributed by atoms with Crippen molar-refractivity contribution in [3.63, 3.8) is 0 Å². The summed E-state index contributed by atoms with van der Waals surface area (Å²) in [5, 5.41) is 0.484. The normalized spacial score (nSPS) is 20.1. The molecule has 4 rings (SSSR count). The predicted octanol–water partition coefficient (Wildman–Crippen LogP) is 3.97. The van der Waals surface area contributed by atoms with E-state index in [1.807, 2.05) is 18.2 Å². The molecule has 0 radical (unpaired) electrons. The first kappa shape index (κ1) is 19.9. The molecule has 29 heavy (non-hydrogen) atoms. The third kappa shape index (κ3) is 4.31. The van der Waals surface area contributed by atoms with E-state index in [4.69, 9.17) is 16.3 Å². The molecule has 1 fully saturated rings. The van der Waals surface area contributed by atoms with Crippen LogP contribution < -0.4 is 4.74 Å². The maximum absolute atomic E-state index is 13.3. The third-order valence-electron chi connectivity index (χ3n) is 5.79. The number of Topliss-reactive ketones (excluding diaryl/α,β-unsaturated/α-hetero) is 1. The quantitative estimate of drug-likeness (QED) is 0.745. The van der Waals surface area contributed by atoms with Crippen LogP contribution in [0.15, 0.2) is 48.5 Å². The van der Waals surface area contributed by atoms with Crippen molar-refractivity contribution in [3.05, 3.63) is 64.7 Å². The fraction of sp³-hybridized carbons (Fsp3) is 0.391. The van der Waals surface area contributed by atoms with Crippen LogP contribution >= 0.6 is 11.6 Å². The molecular weight excluding hydrogens is 388 g/mol. The lowest BCUT2D eigenvalue weighted by Crippen LogP contribution is -2.46. The zero-order valence-electron chi connectivity index (χ0n) is 16.5. The molecule has 1 amide bonds. The van der Waals surface area contributed by atoms with Gasteiger partial charge in [0.25, 0.3) is 5.91 Å². The molecule has 2 aliphatic heterocycles. The van der Waals surface area contributed by atoms with Gasteiger partial charge >= 0.3 is 0 Å². The lowest BCUT2D eigenvalue weighted by atomic mass is 9.98. The molecule has 1 saturated heterocycles. The van der Waals surface area contributed by atoms with Crippen molar-refractivity contribution in [1.82, 2.24) is 9.80 Å². The van der Waals surface area contributed by atoms with Gasteiger partial charge in [0.2, 0.25) is 0 Å². The van der Waals surface area contributed by atoms with E-state index in [1.54, 1.807) is 30.1 Å². The van der Waals surface area contributed by atoms with Gasteiger partial charge in [-0.05, 0) is 49.7 Å². The summed E-state index contributed by atoms with van der Waals surface area (Å²) >= 11 is 5.99. The summed E-state index contributed by atoms with van der Waals surface area (Å²) in [5.41, 5.74) is 1.53. The van der Waals surface area contributed by atoms with Crippen LogP contribution in [-0.4, -0.2) is 54.3 Å². The van der Waals surface area contributed by atoms with Crippen molar-refractivity contribution in [2.75, 3.05) is 26.7 Å². The van der Waals surface area contributed by atoms with Crippen molar-refractivity contribution in [3.8, 4) is 5.75 Å². The highest BCUT2D eigenvalue weighted by molar-refractivity contribution is 6.31.